The first kappa shape index (κ1) is 16.3. The van der Waals surface area contributed by atoms with Crippen LogP contribution in [0.1, 0.15) is 54.3 Å². The molecule has 0 aliphatic carbocycles. The van der Waals surface area contributed by atoms with Gasteiger partial charge >= 0.3 is 0 Å². The summed E-state index contributed by atoms with van der Waals surface area (Å²) in [4.78, 5) is 9.33. The van der Waals surface area contributed by atoms with Crippen molar-refractivity contribution in [2.24, 2.45) is 5.92 Å². The molecule has 1 aromatic heterocycles. The van der Waals surface area contributed by atoms with Gasteiger partial charge in [0.2, 0.25) is 0 Å². The van der Waals surface area contributed by atoms with Gasteiger partial charge in [0.25, 0.3) is 0 Å². The molecule has 0 saturated heterocycles. The summed E-state index contributed by atoms with van der Waals surface area (Å²) in [6.45, 7) is 16.2. The van der Waals surface area contributed by atoms with E-state index < -0.39 is 0 Å². The quantitative estimate of drug-likeness (QED) is 0.643. The normalized spacial score (nSPS) is 13.7. The van der Waals surface area contributed by atoms with E-state index in [1.807, 2.05) is 11.8 Å². The van der Waals surface area contributed by atoms with Gasteiger partial charge in [-0.2, -0.15) is 0 Å². The fourth-order valence-electron chi connectivity index (χ4n) is 1.42. The second-order valence-electron chi connectivity index (χ2n) is 6.26. The molecule has 1 atom stereocenters. The number of nitrogens with zero attached hydrogens (tertiary/aromatic N) is 2. The van der Waals surface area contributed by atoms with E-state index in [1.165, 1.54) is 0 Å². The Morgan fingerprint density at radius 1 is 1.21 bits per heavy atom. The number of thioether (sulfide) groups is 1. The van der Waals surface area contributed by atoms with E-state index in [1.54, 1.807) is 0 Å². The Balaban J connectivity index is 3.06. The van der Waals surface area contributed by atoms with E-state index in [9.17, 15) is 0 Å². The molecule has 1 aromatic rings. The van der Waals surface area contributed by atoms with Gasteiger partial charge < -0.3 is 5.32 Å². The lowest BCUT2D eigenvalue weighted by Gasteiger charge is -2.20. The average molecular weight is 281 g/mol. The molecular weight excluding hydrogens is 254 g/mol. The standard InChI is InChI=1S/C15H27N3S/c1-8-16-12-9-13(19-11(4)10(2)3)18-14(17-12)15(5,6)7/h9-11H,8H2,1-7H3,(H,16,17,18). The molecule has 0 aromatic carbocycles. The maximum atomic E-state index is 4.72. The van der Waals surface area contributed by atoms with Crippen LogP contribution in [-0.4, -0.2) is 21.8 Å². The van der Waals surface area contributed by atoms with Crippen LogP contribution in [0.25, 0.3) is 0 Å². The molecule has 0 radical (unpaired) electrons. The lowest BCUT2D eigenvalue weighted by molar-refractivity contribution is 0.539. The van der Waals surface area contributed by atoms with Crippen molar-refractivity contribution < 1.29 is 0 Å². The van der Waals surface area contributed by atoms with Crippen molar-refractivity contribution in [3.63, 3.8) is 0 Å². The number of nitrogens with one attached hydrogen (secondary N) is 1. The van der Waals surface area contributed by atoms with Crippen LogP contribution in [0.15, 0.2) is 11.1 Å². The molecule has 0 amide bonds. The molecular formula is C15H27N3S. The van der Waals surface area contributed by atoms with Crippen molar-refractivity contribution in [1.29, 1.82) is 0 Å². The van der Waals surface area contributed by atoms with E-state index in [2.05, 4.69) is 64.8 Å². The van der Waals surface area contributed by atoms with Crippen LogP contribution >= 0.6 is 11.8 Å². The monoisotopic (exact) mass is 281 g/mol. The molecule has 108 valence electrons. The predicted molar refractivity (Wildman–Crippen MR) is 85.1 cm³/mol. The highest BCUT2D eigenvalue weighted by molar-refractivity contribution is 7.99. The molecule has 4 heteroatoms. The van der Waals surface area contributed by atoms with Gasteiger partial charge in [-0.3, -0.25) is 0 Å². The number of rotatable bonds is 5. The summed E-state index contributed by atoms with van der Waals surface area (Å²) in [7, 11) is 0. The number of hydrogen-bond acceptors (Lipinski definition) is 4. The van der Waals surface area contributed by atoms with Gasteiger partial charge in [-0.05, 0) is 12.8 Å². The van der Waals surface area contributed by atoms with Crippen LogP contribution < -0.4 is 5.32 Å². The Morgan fingerprint density at radius 2 is 1.84 bits per heavy atom. The summed E-state index contributed by atoms with van der Waals surface area (Å²) < 4.78 is 0. The first-order valence-corrected chi connectivity index (χ1v) is 7.92. The summed E-state index contributed by atoms with van der Waals surface area (Å²) in [5.41, 5.74) is -0.0260. The minimum absolute atomic E-state index is 0.0260. The predicted octanol–water partition coefficient (Wildman–Crippen LogP) is 4.34. The fourth-order valence-corrected chi connectivity index (χ4v) is 2.39. The van der Waals surface area contributed by atoms with E-state index in [0.717, 1.165) is 23.2 Å². The summed E-state index contributed by atoms with van der Waals surface area (Å²) in [6.07, 6.45) is 0. The summed E-state index contributed by atoms with van der Waals surface area (Å²) in [5, 5.41) is 4.92. The first-order chi connectivity index (χ1) is 8.74. The summed E-state index contributed by atoms with van der Waals surface area (Å²) in [6, 6.07) is 2.06. The highest BCUT2D eigenvalue weighted by Gasteiger charge is 2.20. The van der Waals surface area contributed by atoms with Crippen molar-refractivity contribution in [3.8, 4) is 0 Å². The van der Waals surface area contributed by atoms with Gasteiger partial charge in [-0.1, -0.05) is 41.5 Å². The van der Waals surface area contributed by atoms with Gasteiger partial charge in [0.1, 0.15) is 16.7 Å². The van der Waals surface area contributed by atoms with E-state index >= 15 is 0 Å². The van der Waals surface area contributed by atoms with Crippen LogP contribution in [0.2, 0.25) is 0 Å². The van der Waals surface area contributed by atoms with Gasteiger partial charge in [0, 0.05) is 23.3 Å². The molecule has 0 aliphatic heterocycles. The Bertz CT molecular complexity index is 410. The smallest absolute Gasteiger partial charge is 0.137 e. The lowest BCUT2D eigenvalue weighted by atomic mass is 9.96. The van der Waals surface area contributed by atoms with Crippen molar-refractivity contribution in [2.45, 2.75) is 64.2 Å². The largest absolute Gasteiger partial charge is 0.370 e. The SMILES string of the molecule is CCNc1cc(SC(C)C(C)C)nc(C(C)(C)C)n1. The maximum Gasteiger partial charge on any atom is 0.137 e. The number of anilines is 1. The third kappa shape index (κ3) is 5.01. The van der Waals surface area contributed by atoms with Gasteiger partial charge in [0.05, 0.1) is 0 Å². The van der Waals surface area contributed by atoms with Crippen molar-refractivity contribution in [1.82, 2.24) is 9.97 Å². The van der Waals surface area contributed by atoms with Crippen LogP contribution in [-0.2, 0) is 5.41 Å². The zero-order valence-corrected chi connectivity index (χ0v) is 14.1. The molecule has 1 unspecified atom stereocenters. The van der Waals surface area contributed by atoms with E-state index in [-0.39, 0.29) is 5.41 Å². The van der Waals surface area contributed by atoms with Crippen molar-refractivity contribution >= 4 is 17.6 Å². The minimum atomic E-state index is -0.0260. The van der Waals surface area contributed by atoms with Crippen LogP contribution in [0.4, 0.5) is 5.82 Å². The Hall–Kier alpha value is -0.770. The van der Waals surface area contributed by atoms with Crippen molar-refractivity contribution in [3.05, 3.63) is 11.9 Å². The van der Waals surface area contributed by atoms with Crippen LogP contribution in [0.3, 0.4) is 0 Å². The van der Waals surface area contributed by atoms with E-state index in [4.69, 9.17) is 4.98 Å². The number of aromatic nitrogens is 2. The average Bonchev–Trinajstić information content (AvgIpc) is 2.27. The second-order valence-corrected chi connectivity index (χ2v) is 7.66. The summed E-state index contributed by atoms with van der Waals surface area (Å²) >= 11 is 1.83. The Morgan fingerprint density at radius 3 is 2.32 bits per heavy atom. The Kier molecular flexibility index (Phi) is 5.65. The molecule has 3 nitrogen and oxygen atoms in total. The highest BCUT2D eigenvalue weighted by Crippen LogP contribution is 2.29. The molecule has 1 heterocycles. The van der Waals surface area contributed by atoms with E-state index in [0.29, 0.717) is 11.2 Å². The molecule has 1 N–H and O–H groups in total. The zero-order chi connectivity index (χ0) is 14.6. The molecule has 0 spiro atoms. The van der Waals surface area contributed by atoms with Gasteiger partial charge in [-0.15, -0.1) is 11.8 Å². The maximum absolute atomic E-state index is 4.72. The topological polar surface area (TPSA) is 37.8 Å². The highest BCUT2D eigenvalue weighted by atomic mass is 32.2. The zero-order valence-electron chi connectivity index (χ0n) is 13.2. The first-order valence-electron chi connectivity index (χ1n) is 7.04. The van der Waals surface area contributed by atoms with Gasteiger partial charge in [-0.25, -0.2) is 9.97 Å². The molecule has 0 aliphatic rings. The van der Waals surface area contributed by atoms with Crippen molar-refractivity contribution in [2.75, 3.05) is 11.9 Å². The van der Waals surface area contributed by atoms with Crippen LogP contribution in [0, 0.1) is 5.92 Å². The lowest BCUT2D eigenvalue weighted by Crippen LogP contribution is -2.18. The molecule has 1 rings (SSSR count). The fraction of sp³-hybridized carbons (Fsp3) is 0.733. The molecule has 0 fully saturated rings. The van der Waals surface area contributed by atoms with Crippen LogP contribution in [0.5, 0.6) is 0 Å². The minimum Gasteiger partial charge on any atom is -0.370 e. The van der Waals surface area contributed by atoms with Gasteiger partial charge in [0.15, 0.2) is 0 Å². The second kappa shape index (κ2) is 6.60. The molecule has 0 bridgehead atoms. The third-order valence-electron chi connectivity index (χ3n) is 2.98. The Labute approximate surface area is 122 Å². The third-order valence-corrected chi connectivity index (χ3v) is 4.34. The molecule has 0 saturated carbocycles. The number of hydrogen-bond donors (Lipinski definition) is 1. The molecule has 19 heavy (non-hydrogen) atoms. The summed E-state index contributed by atoms with van der Waals surface area (Å²) in [5.74, 6) is 2.48.